The van der Waals surface area contributed by atoms with Crippen molar-refractivity contribution in [2.75, 3.05) is 26.2 Å². The van der Waals surface area contributed by atoms with Gasteiger partial charge in [-0.25, -0.2) is 0 Å². The number of hydrogen-bond donors (Lipinski definition) is 6. The Kier molecular flexibility index (Phi) is 23.2. The fraction of sp³-hybridized carbons (Fsp3) is 0.885. The summed E-state index contributed by atoms with van der Waals surface area (Å²) in [6, 6.07) is -1.81. The highest BCUT2D eigenvalue weighted by Gasteiger charge is 2.26. The normalized spacial score (nSPS) is 12.8. The molecule has 0 radical (unpaired) electrons. The van der Waals surface area contributed by atoms with E-state index in [-0.39, 0.29) is 29.6 Å². The van der Waals surface area contributed by atoms with Crippen molar-refractivity contribution in [1.29, 1.82) is 0 Å². The Labute approximate surface area is 225 Å². The first-order chi connectivity index (χ1) is 16.6. The van der Waals surface area contributed by atoms with Gasteiger partial charge in [-0.05, 0) is 57.0 Å². The van der Waals surface area contributed by atoms with Crippen LogP contribution < -0.4 is 27.4 Å². The maximum Gasteiger partial charge on any atom is 0.245 e. The monoisotopic (exact) mass is 535 g/mol. The molecule has 0 unspecified atom stereocenters. The van der Waals surface area contributed by atoms with Crippen LogP contribution in [0.5, 0.6) is 0 Å². The molecule has 0 aromatic heterocycles. The summed E-state index contributed by atoms with van der Waals surface area (Å²) < 4.78 is 0. The molecular formula is C26H54ClN5O4. The van der Waals surface area contributed by atoms with E-state index in [1.54, 1.807) is 0 Å². The number of carbonyl (C=O) groups is 3. The van der Waals surface area contributed by atoms with Gasteiger partial charge in [0.2, 0.25) is 17.7 Å². The molecule has 0 aromatic carbocycles. The molecule has 0 spiro atoms. The Bertz CT molecular complexity index is 587. The number of aliphatic hydroxyl groups excluding tert-OH is 1. The van der Waals surface area contributed by atoms with E-state index in [4.69, 9.17) is 11.5 Å². The molecule has 8 N–H and O–H groups in total. The largest absolute Gasteiger partial charge is 0.394 e. The van der Waals surface area contributed by atoms with Gasteiger partial charge in [0.15, 0.2) is 0 Å². The van der Waals surface area contributed by atoms with Crippen molar-refractivity contribution in [2.45, 2.75) is 116 Å². The molecule has 10 heteroatoms. The zero-order valence-corrected chi connectivity index (χ0v) is 23.7. The minimum absolute atomic E-state index is 0. The molecule has 0 bridgehead atoms. The van der Waals surface area contributed by atoms with E-state index in [0.29, 0.717) is 32.4 Å². The highest BCUT2D eigenvalue weighted by molar-refractivity contribution is 5.92. The second-order valence-corrected chi connectivity index (χ2v) is 10.6. The number of nitrogens with one attached hydrogen (secondary N) is 3. The third-order valence-electron chi connectivity index (χ3n) is 5.95. The SMILES string of the molecule is CC(C)(C)CCNC(=O)[C@H](CCCCN)NC(=O)[C@H](CO)NC(=O)CCCCCCCCCCN.Cl. The molecule has 3 amide bonds. The van der Waals surface area contributed by atoms with Crippen molar-refractivity contribution in [3.63, 3.8) is 0 Å². The number of aliphatic hydroxyl groups is 1. The third kappa shape index (κ3) is 20.7. The number of hydrogen-bond acceptors (Lipinski definition) is 6. The van der Waals surface area contributed by atoms with Gasteiger partial charge in [0, 0.05) is 13.0 Å². The van der Waals surface area contributed by atoms with Gasteiger partial charge >= 0.3 is 0 Å². The second kappa shape index (κ2) is 22.8. The number of nitrogens with two attached hydrogens (primary N) is 2. The lowest BCUT2D eigenvalue weighted by Gasteiger charge is -2.23. The van der Waals surface area contributed by atoms with Crippen LogP contribution in [0.15, 0.2) is 0 Å². The molecule has 0 saturated heterocycles. The molecule has 0 heterocycles. The van der Waals surface area contributed by atoms with Gasteiger partial charge in [0.25, 0.3) is 0 Å². The maximum atomic E-state index is 12.7. The maximum absolute atomic E-state index is 12.7. The lowest BCUT2D eigenvalue weighted by atomic mass is 9.92. The lowest BCUT2D eigenvalue weighted by molar-refractivity contribution is -0.133. The van der Waals surface area contributed by atoms with E-state index < -0.39 is 24.6 Å². The Morgan fingerprint density at radius 2 is 1.28 bits per heavy atom. The van der Waals surface area contributed by atoms with Gasteiger partial charge in [-0.15, -0.1) is 12.4 Å². The number of carbonyl (C=O) groups excluding carboxylic acids is 3. The van der Waals surface area contributed by atoms with E-state index >= 15 is 0 Å². The zero-order valence-electron chi connectivity index (χ0n) is 22.9. The van der Waals surface area contributed by atoms with Crippen molar-refractivity contribution in [1.82, 2.24) is 16.0 Å². The summed E-state index contributed by atoms with van der Waals surface area (Å²) in [5.74, 6) is -1.08. The van der Waals surface area contributed by atoms with Crippen molar-refractivity contribution in [2.24, 2.45) is 16.9 Å². The fourth-order valence-corrected chi connectivity index (χ4v) is 3.67. The van der Waals surface area contributed by atoms with Crippen molar-refractivity contribution >= 4 is 30.1 Å². The predicted octanol–water partition coefficient (Wildman–Crippen LogP) is 2.52. The van der Waals surface area contributed by atoms with Crippen LogP contribution in [0.1, 0.15) is 104 Å². The average molecular weight is 536 g/mol. The van der Waals surface area contributed by atoms with Gasteiger partial charge in [0.1, 0.15) is 12.1 Å². The summed E-state index contributed by atoms with van der Waals surface area (Å²) in [7, 11) is 0. The summed E-state index contributed by atoms with van der Waals surface area (Å²) in [6.07, 6.45) is 11.6. The Morgan fingerprint density at radius 1 is 0.750 bits per heavy atom. The second-order valence-electron chi connectivity index (χ2n) is 10.6. The van der Waals surface area contributed by atoms with Crippen LogP contribution in [-0.2, 0) is 14.4 Å². The quantitative estimate of drug-likeness (QED) is 0.124. The van der Waals surface area contributed by atoms with E-state index in [2.05, 4.69) is 36.7 Å². The number of amides is 3. The van der Waals surface area contributed by atoms with Crippen LogP contribution in [0.4, 0.5) is 0 Å². The fourth-order valence-electron chi connectivity index (χ4n) is 3.67. The van der Waals surface area contributed by atoms with Crippen LogP contribution in [0.2, 0.25) is 0 Å². The van der Waals surface area contributed by atoms with E-state index in [0.717, 1.165) is 51.5 Å². The van der Waals surface area contributed by atoms with Gasteiger partial charge in [0.05, 0.1) is 6.61 Å². The van der Waals surface area contributed by atoms with E-state index in [1.165, 1.54) is 19.3 Å². The summed E-state index contributed by atoms with van der Waals surface area (Å²) in [6.45, 7) is 7.54. The van der Waals surface area contributed by atoms with Crippen LogP contribution in [0, 0.1) is 5.41 Å². The van der Waals surface area contributed by atoms with Crippen LogP contribution in [-0.4, -0.2) is 61.2 Å². The first-order valence-corrected chi connectivity index (χ1v) is 13.5. The average Bonchev–Trinajstić information content (AvgIpc) is 2.79. The van der Waals surface area contributed by atoms with Crippen LogP contribution in [0.25, 0.3) is 0 Å². The summed E-state index contributed by atoms with van der Waals surface area (Å²) in [5, 5.41) is 17.9. The Hall–Kier alpha value is -1.42. The zero-order chi connectivity index (χ0) is 26.5. The molecule has 0 fully saturated rings. The summed E-state index contributed by atoms with van der Waals surface area (Å²) >= 11 is 0. The molecule has 9 nitrogen and oxygen atoms in total. The minimum Gasteiger partial charge on any atom is -0.394 e. The number of unbranched alkanes of at least 4 members (excludes halogenated alkanes) is 8. The topological polar surface area (TPSA) is 160 Å². The van der Waals surface area contributed by atoms with Crippen LogP contribution >= 0.6 is 12.4 Å². The number of rotatable bonds is 21. The van der Waals surface area contributed by atoms with Gasteiger partial charge in [-0.3, -0.25) is 14.4 Å². The molecule has 2 atom stereocenters. The molecular weight excluding hydrogens is 482 g/mol. The Balaban J connectivity index is 0. The molecule has 36 heavy (non-hydrogen) atoms. The molecule has 0 rings (SSSR count). The van der Waals surface area contributed by atoms with E-state index in [1.807, 2.05) is 0 Å². The predicted molar refractivity (Wildman–Crippen MR) is 149 cm³/mol. The molecule has 214 valence electrons. The first kappa shape index (κ1) is 36.7. The number of halogens is 1. The van der Waals surface area contributed by atoms with Crippen molar-refractivity contribution in [3.05, 3.63) is 0 Å². The molecule has 0 aliphatic carbocycles. The molecule has 0 aromatic rings. The smallest absolute Gasteiger partial charge is 0.245 e. The van der Waals surface area contributed by atoms with E-state index in [9.17, 15) is 19.5 Å². The molecule has 0 saturated carbocycles. The van der Waals surface area contributed by atoms with Crippen LogP contribution in [0.3, 0.4) is 0 Å². The minimum atomic E-state index is -1.08. The van der Waals surface area contributed by atoms with Gasteiger partial charge in [-0.2, -0.15) is 0 Å². The highest BCUT2D eigenvalue weighted by Crippen LogP contribution is 2.17. The standard InChI is InChI=1S/C26H53N5O4.ClH/c1-26(2,3)16-19-29-24(34)21(14-11-13-18-28)31-25(35)22(20-32)30-23(33)15-10-8-6-4-5-7-9-12-17-27;/h21-22,32H,4-20,27-28H2,1-3H3,(H,29,34)(H,30,33)(H,31,35);1H/t21-,22-;/m0./s1. The molecule has 0 aliphatic rings. The lowest BCUT2D eigenvalue weighted by Crippen LogP contribution is -2.55. The Morgan fingerprint density at radius 3 is 1.81 bits per heavy atom. The van der Waals surface area contributed by atoms with Crippen molar-refractivity contribution in [3.8, 4) is 0 Å². The summed E-state index contributed by atoms with van der Waals surface area (Å²) in [4.78, 5) is 37.7. The molecule has 0 aliphatic heterocycles. The van der Waals surface area contributed by atoms with Crippen molar-refractivity contribution < 1.29 is 19.5 Å². The third-order valence-corrected chi connectivity index (χ3v) is 5.95. The highest BCUT2D eigenvalue weighted by atomic mass is 35.5. The first-order valence-electron chi connectivity index (χ1n) is 13.5. The van der Waals surface area contributed by atoms with Gasteiger partial charge < -0.3 is 32.5 Å². The van der Waals surface area contributed by atoms with Gasteiger partial charge in [-0.1, -0.05) is 59.3 Å². The summed E-state index contributed by atoms with van der Waals surface area (Å²) in [5.41, 5.74) is 11.1.